The molecule has 0 saturated carbocycles. The summed E-state index contributed by atoms with van der Waals surface area (Å²) in [5.74, 6) is 1.31. The van der Waals surface area contributed by atoms with Crippen molar-refractivity contribution in [2.75, 3.05) is 27.3 Å². The first-order chi connectivity index (χ1) is 12.1. The van der Waals surface area contributed by atoms with Crippen molar-refractivity contribution in [3.05, 3.63) is 46.2 Å². The van der Waals surface area contributed by atoms with E-state index >= 15 is 0 Å². The second kappa shape index (κ2) is 7.70. The van der Waals surface area contributed by atoms with E-state index in [9.17, 15) is 9.59 Å². The van der Waals surface area contributed by atoms with Crippen LogP contribution in [-0.2, 0) is 0 Å². The quantitative estimate of drug-likeness (QED) is 0.767. The van der Waals surface area contributed by atoms with E-state index in [0.29, 0.717) is 43.0 Å². The molecular formula is C19H21NO4S. The minimum Gasteiger partial charge on any atom is -0.493 e. The SMILES string of the molecule is COc1ccc(C(=O)N2CCC(C(=O)c3cccs3)CC2)cc1OC. The third-order valence-electron chi connectivity index (χ3n) is 4.55. The van der Waals surface area contributed by atoms with Gasteiger partial charge in [0.05, 0.1) is 19.1 Å². The molecule has 5 nitrogen and oxygen atoms in total. The number of methoxy groups -OCH3 is 2. The number of rotatable bonds is 5. The van der Waals surface area contributed by atoms with Gasteiger partial charge in [0.15, 0.2) is 17.3 Å². The lowest BCUT2D eigenvalue weighted by atomic mass is 9.91. The van der Waals surface area contributed by atoms with Gasteiger partial charge >= 0.3 is 0 Å². The first-order valence-corrected chi connectivity index (χ1v) is 9.11. The average Bonchev–Trinajstić information content (AvgIpc) is 3.21. The van der Waals surface area contributed by atoms with Crippen LogP contribution in [0.15, 0.2) is 35.7 Å². The van der Waals surface area contributed by atoms with Crippen molar-refractivity contribution in [1.82, 2.24) is 4.90 Å². The van der Waals surface area contributed by atoms with Gasteiger partial charge < -0.3 is 14.4 Å². The lowest BCUT2D eigenvalue weighted by Gasteiger charge is -2.31. The van der Waals surface area contributed by atoms with Crippen LogP contribution in [0.4, 0.5) is 0 Å². The standard InChI is InChI=1S/C19H21NO4S/c1-23-15-6-5-14(12-16(15)24-2)19(22)20-9-7-13(8-10-20)18(21)17-4-3-11-25-17/h3-6,11-13H,7-10H2,1-2H3. The predicted octanol–water partition coefficient (Wildman–Crippen LogP) is 3.50. The van der Waals surface area contributed by atoms with E-state index in [4.69, 9.17) is 9.47 Å². The molecule has 3 rings (SSSR count). The van der Waals surface area contributed by atoms with Gasteiger partial charge in [0.25, 0.3) is 5.91 Å². The van der Waals surface area contributed by atoms with Crippen LogP contribution in [0, 0.1) is 5.92 Å². The van der Waals surface area contributed by atoms with E-state index < -0.39 is 0 Å². The zero-order chi connectivity index (χ0) is 17.8. The lowest BCUT2D eigenvalue weighted by Crippen LogP contribution is -2.40. The molecule has 1 aliphatic rings. The Hall–Kier alpha value is -2.34. The van der Waals surface area contributed by atoms with Crippen LogP contribution in [0.25, 0.3) is 0 Å². The fourth-order valence-corrected chi connectivity index (χ4v) is 3.86. The molecular weight excluding hydrogens is 338 g/mol. The van der Waals surface area contributed by atoms with E-state index in [-0.39, 0.29) is 17.6 Å². The van der Waals surface area contributed by atoms with Crippen LogP contribution in [0.3, 0.4) is 0 Å². The van der Waals surface area contributed by atoms with Crippen molar-refractivity contribution in [2.24, 2.45) is 5.92 Å². The van der Waals surface area contributed by atoms with Crippen LogP contribution in [0.2, 0.25) is 0 Å². The summed E-state index contributed by atoms with van der Waals surface area (Å²) in [7, 11) is 3.11. The van der Waals surface area contributed by atoms with Gasteiger partial charge in [-0.05, 0) is 42.5 Å². The number of thiophene rings is 1. The van der Waals surface area contributed by atoms with E-state index in [2.05, 4.69) is 0 Å². The molecule has 0 aliphatic carbocycles. The van der Waals surface area contributed by atoms with Crippen molar-refractivity contribution in [2.45, 2.75) is 12.8 Å². The van der Waals surface area contributed by atoms with Gasteiger partial charge in [0.2, 0.25) is 0 Å². The molecule has 25 heavy (non-hydrogen) atoms. The number of Topliss-reactive ketones (excluding diaryl/α,β-unsaturated/α-hetero) is 1. The Balaban J connectivity index is 1.64. The molecule has 2 heterocycles. The molecule has 0 unspecified atom stereocenters. The van der Waals surface area contributed by atoms with E-state index in [1.54, 1.807) is 37.3 Å². The summed E-state index contributed by atoms with van der Waals surface area (Å²) < 4.78 is 10.5. The lowest BCUT2D eigenvalue weighted by molar-refractivity contribution is 0.0651. The average molecular weight is 359 g/mol. The number of nitrogens with zero attached hydrogens (tertiary/aromatic N) is 1. The molecule has 0 N–H and O–H groups in total. The highest BCUT2D eigenvalue weighted by Gasteiger charge is 2.29. The topological polar surface area (TPSA) is 55.8 Å². The number of ether oxygens (including phenoxy) is 2. The number of hydrogen-bond donors (Lipinski definition) is 0. The van der Waals surface area contributed by atoms with Gasteiger partial charge in [-0.3, -0.25) is 9.59 Å². The maximum atomic E-state index is 12.7. The smallest absolute Gasteiger partial charge is 0.253 e. The maximum Gasteiger partial charge on any atom is 0.253 e. The largest absolute Gasteiger partial charge is 0.493 e. The molecule has 6 heteroatoms. The number of hydrogen-bond acceptors (Lipinski definition) is 5. The van der Waals surface area contributed by atoms with Crippen LogP contribution >= 0.6 is 11.3 Å². The van der Waals surface area contributed by atoms with E-state index in [0.717, 1.165) is 4.88 Å². The van der Waals surface area contributed by atoms with Crippen LogP contribution in [0.5, 0.6) is 11.5 Å². The molecule has 1 saturated heterocycles. The molecule has 2 aromatic rings. The zero-order valence-corrected chi connectivity index (χ0v) is 15.2. The minimum atomic E-state index is -0.0389. The third kappa shape index (κ3) is 3.69. The van der Waals surface area contributed by atoms with Crippen molar-refractivity contribution >= 4 is 23.0 Å². The Kier molecular flexibility index (Phi) is 5.38. The Morgan fingerprint density at radius 3 is 2.40 bits per heavy atom. The first-order valence-electron chi connectivity index (χ1n) is 8.23. The number of benzene rings is 1. The number of ketones is 1. The molecule has 1 amide bonds. The first kappa shape index (κ1) is 17.5. The molecule has 1 fully saturated rings. The molecule has 1 aliphatic heterocycles. The molecule has 132 valence electrons. The highest BCUT2D eigenvalue weighted by atomic mass is 32.1. The van der Waals surface area contributed by atoms with Crippen molar-refractivity contribution in [1.29, 1.82) is 0 Å². The predicted molar refractivity (Wildman–Crippen MR) is 96.8 cm³/mol. The number of carbonyl (C=O) groups excluding carboxylic acids is 2. The van der Waals surface area contributed by atoms with Gasteiger partial charge in [-0.2, -0.15) is 0 Å². The number of likely N-dealkylation sites (tertiary alicyclic amines) is 1. The molecule has 0 bridgehead atoms. The summed E-state index contributed by atoms with van der Waals surface area (Å²) in [6, 6.07) is 8.94. The van der Waals surface area contributed by atoms with Gasteiger partial charge in [0, 0.05) is 24.6 Å². The highest BCUT2D eigenvalue weighted by molar-refractivity contribution is 7.12. The molecule has 0 spiro atoms. The summed E-state index contributed by atoms with van der Waals surface area (Å²) in [6.07, 6.45) is 1.41. The van der Waals surface area contributed by atoms with Gasteiger partial charge in [0.1, 0.15) is 0 Å². The van der Waals surface area contributed by atoms with Gasteiger partial charge in [-0.1, -0.05) is 6.07 Å². The Morgan fingerprint density at radius 2 is 1.80 bits per heavy atom. The third-order valence-corrected chi connectivity index (χ3v) is 5.43. The zero-order valence-electron chi connectivity index (χ0n) is 14.4. The monoisotopic (exact) mass is 359 g/mol. The van der Waals surface area contributed by atoms with E-state index in [1.807, 2.05) is 17.5 Å². The number of piperidine rings is 1. The summed E-state index contributed by atoms with van der Waals surface area (Å²) in [5, 5.41) is 1.92. The summed E-state index contributed by atoms with van der Waals surface area (Å²) in [6.45, 7) is 1.18. The van der Waals surface area contributed by atoms with Crippen molar-refractivity contribution in [3.63, 3.8) is 0 Å². The minimum absolute atomic E-state index is 0.00750. The Labute approximate surface area is 151 Å². The van der Waals surface area contributed by atoms with Crippen LogP contribution in [0.1, 0.15) is 32.9 Å². The van der Waals surface area contributed by atoms with Gasteiger partial charge in [-0.25, -0.2) is 0 Å². The van der Waals surface area contributed by atoms with Crippen LogP contribution < -0.4 is 9.47 Å². The fraction of sp³-hybridized carbons (Fsp3) is 0.368. The maximum absolute atomic E-state index is 12.7. The van der Waals surface area contributed by atoms with Crippen molar-refractivity contribution < 1.29 is 19.1 Å². The second-order valence-electron chi connectivity index (χ2n) is 5.98. The Morgan fingerprint density at radius 1 is 1.08 bits per heavy atom. The normalized spacial score (nSPS) is 15.0. The molecule has 1 aromatic heterocycles. The fourth-order valence-electron chi connectivity index (χ4n) is 3.12. The molecule has 0 atom stereocenters. The molecule has 1 aromatic carbocycles. The highest BCUT2D eigenvalue weighted by Crippen LogP contribution is 2.29. The summed E-state index contributed by atoms with van der Waals surface area (Å²) in [5.41, 5.74) is 0.570. The van der Waals surface area contributed by atoms with Gasteiger partial charge in [-0.15, -0.1) is 11.3 Å². The molecule has 0 radical (unpaired) electrons. The summed E-state index contributed by atoms with van der Waals surface area (Å²) in [4.78, 5) is 27.8. The van der Waals surface area contributed by atoms with Crippen LogP contribution in [-0.4, -0.2) is 43.9 Å². The van der Waals surface area contributed by atoms with E-state index in [1.165, 1.54) is 11.3 Å². The second-order valence-corrected chi connectivity index (χ2v) is 6.93. The number of carbonyl (C=O) groups is 2. The van der Waals surface area contributed by atoms with Crippen molar-refractivity contribution in [3.8, 4) is 11.5 Å². The Bertz CT molecular complexity index is 749. The number of amides is 1. The summed E-state index contributed by atoms with van der Waals surface area (Å²) >= 11 is 1.48.